The van der Waals surface area contributed by atoms with E-state index in [4.69, 9.17) is 5.73 Å². The molecule has 0 spiro atoms. The molecule has 0 amide bonds. The van der Waals surface area contributed by atoms with Gasteiger partial charge >= 0.3 is 0 Å². The third-order valence-electron chi connectivity index (χ3n) is 3.08. The van der Waals surface area contributed by atoms with Gasteiger partial charge in [-0.25, -0.2) is 0 Å². The lowest BCUT2D eigenvalue weighted by Crippen LogP contribution is -2.33. The minimum absolute atomic E-state index is 0.469. The van der Waals surface area contributed by atoms with E-state index in [9.17, 15) is 0 Å². The lowest BCUT2D eigenvalue weighted by Gasteiger charge is -2.24. The summed E-state index contributed by atoms with van der Waals surface area (Å²) >= 11 is 0. The minimum atomic E-state index is 0.469. The van der Waals surface area contributed by atoms with Gasteiger partial charge in [0.2, 0.25) is 0 Å². The molecule has 14 heavy (non-hydrogen) atoms. The summed E-state index contributed by atoms with van der Waals surface area (Å²) in [6.45, 7) is 10.4. The summed E-state index contributed by atoms with van der Waals surface area (Å²) in [6, 6.07) is 0.469. The van der Waals surface area contributed by atoms with Crippen LogP contribution < -0.4 is 5.73 Å². The Morgan fingerprint density at radius 3 is 2.43 bits per heavy atom. The van der Waals surface area contributed by atoms with E-state index in [1.165, 1.54) is 32.4 Å². The molecule has 0 radical (unpaired) electrons. The van der Waals surface area contributed by atoms with Crippen LogP contribution in [0.4, 0.5) is 0 Å². The normalized spacial score (nSPS) is 19.3. The Balaban J connectivity index is 2.12. The first kappa shape index (κ1) is 12.0. The van der Waals surface area contributed by atoms with Gasteiger partial charge in [-0.3, -0.25) is 0 Å². The molecule has 1 atom stereocenters. The maximum atomic E-state index is 6.09. The predicted molar refractivity (Wildman–Crippen MR) is 62.3 cm³/mol. The summed E-state index contributed by atoms with van der Waals surface area (Å²) in [5.74, 6) is 1.62. The van der Waals surface area contributed by atoms with E-state index >= 15 is 0 Å². The van der Waals surface area contributed by atoms with E-state index in [1.54, 1.807) is 0 Å². The van der Waals surface area contributed by atoms with Gasteiger partial charge in [0.15, 0.2) is 0 Å². The van der Waals surface area contributed by atoms with E-state index in [0.29, 0.717) is 6.04 Å². The van der Waals surface area contributed by atoms with E-state index in [2.05, 4.69) is 25.7 Å². The van der Waals surface area contributed by atoms with Crippen LogP contribution in [0.15, 0.2) is 0 Å². The zero-order valence-electron chi connectivity index (χ0n) is 10.00. The highest BCUT2D eigenvalue weighted by molar-refractivity contribution is 4.84. The van der Waals surface area contributed by atoms with Crippen LogP contribution in [0.5, 0.6) is 0 Å². The molecule has 0 saturated heterocycles. The second-order valence-electron chi connectivity index (χ2n) is 5.08. The van der Waals surface area contributed by atoms with Crippen molar-refractivity contribution in [2.24, 2.45) is 17.6 Å². The molecule has 0 heterocycles. The van der Waals surface area contributed by atoms with Gasteiger partial charge in [0.1, 0.15) is 0 Å². The number of nitrogens with two attached hydrogens (primary N) is 1. The highest BCUT2D eigenvalue weighted by Crippen LogP contribution is 2.32. The molecule has 2 N–H and O–H groups in total. The molecule has 0 aromatic carbocycles. The van der Waals surface area contributed by atoms with E-state index < -0.39 is 0 Å². The number of hydrogen-bond donors (Lipinski definition) is 1. The Morgan fingerprint density at radius 1 is 1.36 bits per heavy atom. The Bertz CT molecular complexity index is 152. The van der Waals surface area contributed by atoms with Crippen LogP contribution in [0.1, 0.15) is 40.0 Å². The van der Waals surface area contributed by atoms with Gasteiger partial charge in [-0.05, 0) is 44.2 Å². The maximum absolute atomic E-state index is 6.09. The van der Waals surface area contributed by atoms with E-state index in [-0.39, 0.29) is 0 Å². The van der Waals surface area contributed by atoms with Crippen LogP contribution in [-0.4, -0.2) is 30.6 Å². The molecule has 0 aliphatic heterocycles. The standard InChI is InChI=1S/C12H26N2/c1-4-14(9-10(2)3)8-7-12(13)11-5-6-11/h10-12H,4-9,13H2,1-3H3. The topological polar surface area (TPSA) is 29.3 Å². The summed E-state index contributed by atoms with van der Waals surface area (Å²) in [7, 11) is 0. The van der Waals surface area contributed by atoms with Crippen LogP contribution in [0.2, 0.25) is 0 Å². The zero-order chi connectivity index (χ0) is 10.6. The van der Waals surface area contributed by atoms with Crippen LogP contribution in [-0.2, 0) is 0 Å². The zero-order valence-corrected chi connectivity index (χ0v) is 10.00. The number of hydrogen-bond acceptors (Lipinski definition) is 2. The van der Waals surface area contributed by atoms with Gasteiger partial charge in [0.05, 0.1) is 0 Å². The fourth-order valence-corrected chi connectivity index (χ4v) is 1.99. The smallest absolute Gasteiger partial charge is 0.00793 e. The van der Waals surface area contributed by atoms with Crippen LogP contribution in [0, 0.1) is 11.8 Å². The van der Waals surface area contributed by atoms with Crippen molar-refractivity contribution in [2.45, 2.75) is 46.1 Å². The first-order valence-corrected chi connectivity index (χ1v) is 6.11. The van der Waals surface area contributed by atoms with Gasteiger partial charge in [0.25, 0.3) is 0 Å². The minimum Gasteiger partial charge on any atom is -0.327 e. The Kier molecular flexibility index (Phi) is 4.90. The third-order valence-corrected chi connectivity index (χ3v) is 3.08. The lowest BCUT2D eigenvalue weighted by molar-refractivity contribution is 0.244. The summed E-state index contributed by atoms with van der Waals surface area (Å²) in [5, 5.41) is 0. The van der Waals surface area contributed by atoms with Crippen molar-refractivity contribution in [3.63, 3.8) is 0 Å². The van der Waals surface area contributed by atoms with Crippen molar-refractivity contribution < 1.29 is 0 Å². The largest absolute Gasteiger partial charge is 0.327 e. The summed E-state index contributed by atoms with van der Waals surface area (Å²) < 4.78 is 0. The Hall–Kier alpha value is -0.0800. The van der Waals surface area contributed by atoms with Gasteiger partial charge < -0.3 is 10.6 Å². The van der Waals surface area contributed by atoms with Crippen molar-refractivity contribution in [3.8, 4) is 0 Å². The van der Waals surface area contributed by atoms with Crippen molar-refractivity contribution in [1.29, 1.82) is 0 Å². The number of rotatable bonds is 7. The van der Waals surface area contributed by atoms with Crippen LogP contribution >= 0.6 is 0 Å². The second kappa shape index (κ2) is 5.72. The molecule has 0 aromatic rings. The monoisotopic (exact) mass is 198 g/mol. The molecule has 1 aliphatic carbocycles. The number of nitrogens with zero attached hydrogens (tertiary/aromatic N) is 1. The van der Waals surface area contributed by atoms with E-state index in [1.807, 2.05) is 0 Å². The highest BCUT2D eigenvalue weighted by atomic mass is 15.1. The first-order valence-electron chi connectivity index (χ1n) is 6.11. The molecule has 2 nitrogen and oxygen atoms in total. The molecule has 1 unspecified atom stereocenters. The molecule has 0 aromatic heterocycles. The van der Waals surface area contributed by atoms with Gasteiger partial charge in [-0.2, -0.15) is 0 Å². The van der Waals surface area contributed by atoms with Crippen molar-refractivity contribution in [3.05, 3.63) is 0 Å². The molecule has 1 rings (SSSR count). The third kappa shape index (κ3) is 4.43. The Morgan fingerprint density at radius 2 is 2.00 bits per heavy atom. The molecule has 0 bridgehead atoms. The Labute approximate surface area is 88.8 Å². The first-order chi connectivity index (χ1) is 6.63. The summed E-state index contributed by atoms with van der Waals surface area (Å²) in [4.78, 5) is 2.52. The second-order valence-corrected chi connectivity index (χ2v) is 5.08. The molecule has 84 valence electrons. The molecule has 1 saturated carbocycles. The molecular formula is C12H26N2. The lowest BCUT2D eigenvalue weighted by atomic mass is 10.1. The summed E-state index contributed by atoms with van der Waals surface area (Å²) in [6.07, 6.45) is 3.93. The molecule has 2 heteroatoms. The molecule has 1 aliphatic rings. The maximum Gasteiger partial charge on any atom is 0.00793 e. The average Bonchev–Trinajstić information content (AvgIpc) is 2.93. The van der Waals surface area contributed by atoms with E-state index in [0.717, 1.165) is 18.4 Å². The summed E-state index contributed by atoms with van der Waals surface area (Å²) in [5.41, 5.74) is 6.09. The molecule has 1 fully saturated rings. The fraction of sp³-hybridized carbons (Fsp3) is 1.00. The van der Waals surface area contributed by atoms with Crippen LogP contribution in [0.3, 0.4) is 0 Å². The predicted octanol–water partition coefficient (Wildman–Crippen LogP) is 2.09. The van der Waals surface area contributed by atoms with Crippen LogP contribution in [0.25, 0.3) is 0 Å². The average molecular weight is 198 g/mol. The fourth-order valence-electron chi connectivity index (χ4n) is 1.99. The quantitative estimate of drug-likeness (QED) is 0.679. The SMILES string of the molecule is CCN(CCC(N)C1CC1)CC(C)C. The van der Waals surface area contributed by atoms with Gasteiger partial charge in [0, 0.05) is 12.6 Å². The van der Waals surface area contributed by atoms with Crippen molar-refractivity contribution in [1.82, 2.24) is 4.90 Å². The highest BCUT2D eigenvalue weighted by Gasteiger charge is 2.28. The van der Waals surface area contributed by atoms with Gasteiger partial charge in [-0.15, -0.1) is 0 Å². The van der Waals surface area contributed by atoms with Crippen molar-refractivity contribution in [2.75, 3.05) is 19.6 Å². The van der Waals surface area contributed by atoms with Crippen molar-refractivity contribution >= 4 is 0 Å². The molecular weight excluding hydrogens is 172 g/mol. The van der Waals surface area contributed by atoms with Gasteiger partial charge in [-0.1, -0.05) is 20.8 Å².